The van der Waals surface area contributed by atoms with Crippen LogP contribution in [0, 0.1) is 5.92 Å². The fourth-order valence-electron chi connectivity index (χ4n) is 4.67. The van der Waals surface area contributed by atoms with Gasteiger partial charge in [0.2, 0.25) is 5.91 Å². The number of phenols is 1. The van der Waals surface area contributed by atoms with Crippen molar-refractivity contribution in [2.24, 2.45) is 5.92 Å². The molecule has 1 rings (SSSR count). The van der Waals surface area contributed by atoms with Crippen LogP contribution in [0.1, 0.15) is 96.5 Å². The van der Waals surface area contributed by atoms with Crippen LogP contribution in [0.4, 0.5) is 0 Å². The third kappa shape index (κ3) is 14.0. The van der Waals surface area contributed by atoms with Gasteiger partial charge in [-0.25, -0.2) is 9.59 Å². The number of hydrogen-bond acceptors (Lipinski definition) is 7. The molecular formula is C32H51NO8. The zero-order valence-corrected chi connectivity index (χ0v) is 25.1. The smallest absolute Gasteiger partial charge is 0.336 e. The van der Waals surface area contributed by atoms with Crippen LogP contribution in [0.2, 0.25) is 0 Å². The fourth-order valence-corrected chi connectivity index (χ4v) is 4.67. The molecule has 0 aromatic heterocycles. The maximum atomic E-state index is 13.4. The Kier molecular flexibility index (Phi) is 18.4. The van der Waals surface area contributed by atoms with Gasteiger partial charge >= 0.3 is 11.9 Å². The maximum absolute atomic E-state index is 13.4. The topological polar surface area (TPSA) is 142 Å². The molecule has 0 spiro atoms. The minimum Gasteiger partial charge on any atom is -0.508 e. The summed E-state index contributed by atoms with van der Waals surface area (Å²) in [5.74, 6) is -4.32. The number of rotatable bonds is 23. The molecule has 3 atom stereocenters. The van der Waals surface area contributed by atoms with E-state index in [4.69, 9.17) is 9.47 Å². The predicted molar refractivity (Wildman–Crippen MR) is 159 cm³/mol. The van der Waals surface area contributed by atoms with E-state index in [1.165, 1.54) is 51.0 Å². The second-order valence-electron chi connectivity index (χ2n) is 10.6. The van der Waals surface area contributed by atoms with Crippen molar-refractivity contribution in [3.63, 3.8) is 0 Å². The number of carboxylic acids is 1. The van der Waals surface area contributed by atoms with Crippen LogP contribution < -0.4 is 5.32 Å². The van der Waals surface area contributed by atoms with Gasteiger partial charge in [0, 0.05) is 19.6 Å². The van der Waals surface area contributed by atoms with Gasteiger partial charge in [0.1, 0.15) is 11.8 Å². The Bertz CT molecular complexity index is 917. The van der Waals surface area contributed by atoms with Gasteiger partial charge < -0.3 is 30.1 Å². The van der Waals surface area contributed by atoms with Crippen LogP contribution in [0.25, 0.3) is 0 Å². The summed E-state index contributed by atoms with van der Waals surface area (Å²) in [6, 6.07) is 5.04. The number of esters is 1. The second kappa shape index (κ2) is 20.9. The Labute approximate surface area is 245 Å². The minimum absolute atomic E-state index is 0.0604. The zero-order chi connectivity index (χ0) is 30.5. The third-order valence-electron chi connectivity index (χ3n) is 7.11. The number of carbonyl (C=O) groups is 3. The lowest BCUT2D eigenvalue weighted by atomic mass is 9.82. The van der Waals surface area contributed by atoms with Crippen LogP contribution in [0.15, 0.2) is 36.4 Å². The molecule has 232 valence electrons. The number of phenolic OH excluding ortho intramolecular Hbond substituents is 1. The molecule has 0 saturated carbocycles. The SMILES string of the molecule is CCCCCCCOCCCCCC/C=C/[C@H](C(=O)N[C@@H](Cc1ccc(O)cc1)C(=O)OC)[C@@](O)(CCC)C(=O)O. The molecule has 0 fully saturated rings. The number of ether oxygens (including phenoxy) is 2. The normalized spacial score (nSPS) is 14.3. The van der Waals surface area contributed by atoms with Crippen molar-refractivity contribution >= 4 is 17.8 Å². The number of allylic oxidation sites excluding steroid dienone is 1. The highest BCUT2D eigenvalue weighted by Gasteiger charge is 2.46. The molecule has 0 aliphatic carbocycles. The molecule has 0 heterocycles. The van der Waals surface area contributed by atoms with E-state index < -0.39 is 35.4 Å². The Balaban J connectivity index is 2.72. The number of unbranched alkanes of at least 4 members (excludes halogenated alkanes) is 8. The molecule has 1 aromatic carbocycles. The van der Waals surface area contributed by atoms with Crippen LogP contribution in [0.3, 0.4) is 0 Å². The van der Waals surface area contributed by atoms with Gasteiger partial charge in [-0.05, 0) is 49.8 Å². The second-order valence-corrected chi connectivity index (χ2v) is 10.6. The number of aliphatic hydroxyl groups is 1. The lowest BCUT2D eigenvalue weighted by Crippen LogP contribution is -2.54. The summed E-state index contributed by atoms with van der Waals surface area (Å²) >= 11 is 0. The lowest BCUT2D eigenvalue weighted by Gasteiger charge is -2.30. The van der Waals surface area contributed by atoms with E-state index in [2.05, 4.69) is 12.2 Å². The summed E-state index contributed by atoms with van der Waals surface area (Å²) in [4.78, 5) is 37.9. The average molecular weight is 578 g/mol. The number of aromatic hydroxyl groups is 1. The van der Waals surface area contributed by atoms with E-state index >= 15 is 0 Å². The van der Waals surface area contributed by atoms with Crippen molar-refractivity contribution < 1.29 is 39.2 Å². The third-order valence-corrected chi connectivity index (χ3v) is 7.11. The van der Waals surface area contributed by atoms with Gasteiger partial charge in [0.15, 0.2) is 5.60 Å². The zero-order valence-electron chi connectivity index (χ0n) is 25.1. The maximum Gasteiger partial charge on any atom is 0.336 e. The summed E-state index contributed by atoms with van der Waals surface area (Å²) in [5.41, 5.74) is -1.67. The van der Waals surface area contributed by atoms with Gasteiger partial charge in [-0.2, -0.15) is 0 Å². The molecule has 4 N–H and O–H groups in total. The molecule has 9 nitrogen and oxygen atoms in total. The molecule has 0 aliphatic rings. The molecule has 0 bridgehead atoms. The summed E-state index contributed by atoms with van der Waals surface area (Å²) in [6.07, 6.45) is 14.0. The Morgan fingerprint density at radius 2 is 1.54 bits per heavy atom. The highest BCUT2D eigenvalue weighted by Crippen LogP contribution is 2.27. The number of aliphatic carboxylic acids is 1. The first-order chi connectivity index (χ1) is 19.7. The van der Waals surface area contributed by atoms with Crippen LogP contribution >= 0.6 is 0 Å². The summed E-state index contributed by atoms with van der Waals surface area (Å²) < 4.78 is 10.5. The molecule has 9 heteroatoms. The van der Waals surface area contributed by atoms with Gasteiger partial charge in [-0.3, -0.25) is 4.79 Å². The standard InChI is InChI=1S/C32H51NO8/c1-4-6-7-11-14-22-41-23-15-12-9-8-10-13-16-27(32(39,21-5-2)31(37)38)29(35)33-28(30(36)40-3)24-25-17-19-26(34)20-18-25/h13,16-20,27-28,34,39H,4-12,14-15,21-24H2,1-3H3,(H,33,35)(H,37,38)/b16-13+/t27-,28+,32+/m1/s1. The highest BCUT2D eigenvalue weighted by atomic mass is 16.5. The number of nitrogens with one attached hydrogen (secondary N) is 1. The van der Waals surface area contributed by atoms with Crippen molar-refractivity contribution in [1.29, 1.82) is 0 Å². The number of amides is 1. The number of benzene rings is 1. The average Bonchev–Trinajstić information content (AvgIpc) is 2.95. The van der Waals surface area contributed by atoms with Crippen molar-refractivity contribution in [3.05, 3.63) is 42.0 Å². The number of hydrogen-bond donors (Lipinski definition) is 4. The van der Waals surface area contributed by atoms with E-state index in [0.717, 1.165) is 45.3 Å². The van der Waals surface area contributed by atoms with E-state index in [1.807, 2.05) is 0 Å². The van der Waals surface area contributed by atoms with Gasteiger partial charge in [0.25, 0.3) is 0 Å². The molecular weight excluding hydrogens is 526 g/mol. The van der Waals surface area contributed by atoms with E-state index in [9.17, 15) is 29.7 Å². The van der Waals surface area contributed by atoms with E-state index in [0.29, 0.717) is 18.4 Å². The first-order valence-corrected chi connectivity index (χ1v) is 15.1. The number of carbonyl (C=O) groups excluding carboxylic acids is 2. The Morgan fingerprint density at radius 3 is 2.10 bits per heavy atom. The summed E-state index contributed by atoms with van der Waals surface area (Å²) in [5, 5.41) is 33.0. The van der Waals surface area contributed by atoms with E-state index in [-0.39, 0.29) is 18.6 Å². The first kappa shape index (κ1) is 36.1. The van der Waals surface area contributed by atoms with Crippen molar-refractivity contribution in [2.45, 2.75) is 109 Å². The summed E-state index contributed by atoms with van der Waals surface area (Å²) in [6.45, 7) is 5.49. The first-order valence-electron chi connectivity index (χ1n) is 15.1. The van der Waals surface area contributed by atoms with Crippen LogP contribution in [-0.4, -0.2) is 65.1 Å². The number of carboxylic acid groups (broad SMARTS) is 1. The lowest BCUT2D eigenvalue weighted by molar-refractivity contribution is -0.167. The van der Waals surface area contributed by atoms with Crippen molar-refractivity contribution in [1.82, 2.24) is 5.32 Å². The van der Waals surface area contributed by atoms with Crippen LogP contribution in [0.5, 0.6) is 5.75 Å². The number of methoxy groups -OCH3 is 1. The Morgan fingerprint density at radius 1 is 0.927 bits per heavy atom. The van der Waals surface area contributed by atoms with E-state index in [1.54, 1.807) is 25.1 Å². The summed E-state index contributed by atoms with van der Waals surface area (Å²) in [7, 11) is 1.20. The molecule has 1 amide bonds. The van der Waals surface area contributed by atoms with Gasteiger partial charge in [-0.1, -0.05) is 83.1 Å². The van der Waals surface area contributed by atoms with Crippen molar-refractivity contribution in [2.75, 3.05) is 20.3 Å². The van der Waals surface area contributed by atoms with Crippen LogP contribution in [-0.2, 0) is 30.3 Å². The molecule has 1 aromatic rings. The molecule has 0 unspecified atom stereocenters. The Hall–Kier alpha value is -2.91. The molecule has 0 saturated heterocycles. The monoisotopic (exact) mass is 577 g/mol. The quantitative estimate of drug-likeness (QED) is 0.0778. The van der Waals surface area contributed by atoms with Gasteiger partial charge in [-0.15, -0.1) is 0 Å². The molecule has 0 radical (unpaired) electrons. The predicted octanol–water partition coefficient (Wildman–Crippen LogP) is 5.32. The molecule has 41 heavy (non-hydrogen) atoms. The largest absolute Gasteiger partial charge is 0.508 e. The fraction of sp³-hybridized carbons (Fsp3) is 0.656. The minimum atomic E-state index is -2.33. The highest BCUT2D eigenvalue weighted by molar-refractivity contribution is 5.92. The van der Waals surface area contributed by atoms with Crippen molar-refractivity contribution in [3.8, 4) is 5.75 Å². The molecule has 0 aliphatic heterocycles. The van der Waals surface area contributed by atoms with Gasteiger partial charge in [0.05, 0.1) is 13.0 Å².